The predicted molar refractivity (Wildman–Crippen MR) is 126 cm³/mol. The van der Waals surface area contributed by atoms with E-state index in [-0.39, 0.29) is 23.9 Å². The van der Waals surface area contributed by atoms with Crippen molar-refractivity contribution >= 4 is 17.6 Å². The largest absolute Gasteiger partial charge is 0.452 e. The molecule has 0 radical (unpaired) electrons. The van der Waals surface area contributed by atoms with E-state index in [1.165, 1.54) is 12.1 Å². The Morgan fingerprint density at radius 2 is 1.68 bits per heavy atom. The van der Waals surface area contributed by atoms with Gasteiger partial charge in [0, 0.05) is 24.0 Å². The van der Waals surface area contributed by atoms with Crippen LogP contribution in [0, 0.1) is 5.82 Å². The van der Waals surface area contributed by atoms with E-state index >= 15 is 0 Å². The van der Waals surface area contributed by atoms with Crippen LogP contribution >= 0.6 is 0 Å². The van der Waals surface area contributed by atoms with E-state index in [2.05, 4.69) is 5.10 Å². The van der Waals surface area contributed by atoms with Gasteiger partial charge in [-0.15, -0.1) is 0 Å². The van der Waals surface area contributed by atoms with Crippen molar-refractivity contribution in [1.82, 2.24) is 9.78 Å². The highest BCUT2D eigenvalue weighted by molar-refractivity contribution is 6.00. The van der Waals surface area contributed by atoms with Crippen LogP contribution < -0.4 is 4.90 Å². The Hall–Kier alpha value is -4.26. The van der Waals surface area contributed by atoms with Gasteiger partial charge in [0.05, 0.1) is 5.69 Å². The quantitative estimate of drug-likeness (QED) is 0.405. The molecular weight excluding hydrogens is 433 g/mol. The first kappa shape index (κ1) is 21.6. The van der Waals surface area contributed by atoms with Gasteiger partial charge in [0.25, 0.3) is 5.91 Å². The van der Waals surface area contributed by atoms with Crippen LogP contribution in [0.2, 0.25) is 0 Å². The summed E-state index contributed by atoms with van der Waals surface area (Å²) in [6.45, 7) is 0.201. The minimum absolute atomic E-state index is 0.197. The lowest BCUT2D eigenvalue weighted by molar-refractivity contribution is -0.121. The molecule has 1 aliphatic rings. The summed E-state index contributed by atoms with van der Waals surface area (Å²) in [5, 5.41) is 4.55. The van der Waals surface area contributed by atoms with Crippen molar-refractivity contribution in [2.45, 2.75) is 12.8 Å². The van der Waals surface area contributed by atoms with Crippen LogP contribution in [0.3, 0.4) is 0 Å². The van der Waals surface area contributed by atoms with Gasteiger partial charge in [-0.1, -0.05) is 36.4 Å². The monoisotopic (exact) mass is 455 g/mol. The fourth-order valence-electron chi connectivity index (χ4n) is 4.13. The molecule has 1 aliphatic heterocycles. The van der Waals surface area contributed by atoms with Gasteiger partial charge in [0.2, 0.25) is 0 Å². The molecule has 0 unspecified atom stereocenters. The number of carbonyl (C=O) groups is 2. The van der Waals surface area contributed by atoms with Crippen LogP contribution in [0.15, 0.2) is 85.1 Å². The van der Waals surface area contributed by atoms with Crippen molar-refractivity contribution in [3.05, 3.63) is 102 Å². The van der Waals surface area contributed by atoms with Gasteiger partial charge in [-0.2, -0.15) is 5.10 Å². The lowest BCUT2D eigenvalue weighted by Crippen LogP contribution is -2.38. The molecule has 34 heavy (non-hydrogen) atoms. The molecule has 0 fully saturated rings. The van der Waals surface area contributed by atoms with E-state index in [4.69, 9.17) is 4.74 Å². The second kappa shape index (κ2) is 9.31. The number of halogens is 1. The Morgan fingerprint density at radius 1 is 0.941 bits per heavy atom. The maximum Gasteiger partial charge on any atom is 0.342 e. The van der Waals surface area contributed by atoms with E-state index in [1.807, 2.05) is 54.6 Å². The highest BCUT2D eigenvalue weighted by Crippen LogP contribution is 2.28. The number of esters is 1. The number of hydrogen-bond acceptors (Lipinski definition) is 4. The van der Waals surface area contributed by atoms with Crippen LogP contribution in [0.4, 0.5) is 10.1 Å². The maximum absolute atomic E-state index is 13.5. The summed E-state index contributed by atoms with van der Waals surface area (Å²) >= 11 is 0. The summed E-state index contributed by atoms with van der Waals surface area (Å²) in [4.78, 5) is 27.6. The molecule has 0 spiro atoms. The Balaban J connectivity index is 1.39. The second-order valence-corrected chi connectivity index (χ2v) is 8.03. The van der Waals surface area contributed by atoms with Gasteiger partial charge in [-0.3, -0.25) is 4.79 Å². The van der Waals surface area contributed by atoms with Crippen LogP contribution in [0.5, 0.6) is 0 Å². The molecule has 3 aromatic carbocycles. The molecule has 4 aromatic rings. The molecule has 7 heteroatoms. The number of ether oxygens (including phenoxy) is 1. The zero-order chi connectivity index (χ0) is 23.5. The number of hydrogen-bond donors (Lipinski definition) is 0. The molecule has 0 saturated heterocycles. The van der Waals surface area contributed by atoms with Crippen molar-refractivity contribution in [1.29, 1.82) is 0 Å². The lowest BCUT2D eigenvalue weighted by atomic mass is 10.0. The predicted octanol–water partition coefficient (Wildman–Crippen LogP) is 4.81. The normalized spacial score (nSPS) is 12.8. The average Bonchev–Trinajstić information content (AvgIpc) is 3.33. The molecule has 5 rings (SSSR count). The minimum Gasteiger partial charge on any atom is -0.452 e. The number of para-hydroxylation sites is 2. The molecule has 6 nitrogen and oxygen atoms in total. The SMILES string of the molecule is O=C(OCC(=O)N1CCCc2ccccc21)c1cn(-c2ccccc2)nc1-c1ccc(F)cc1. The van der Waals surface area contributed by atoms with E-state index in [1.54, 1.807) is 27.9 Å². The number of aromatic nitrogens is 2. The summed E-state index contributed by atoms with van der Waals surface area (Å²) in [6.07, 6.45) is 3.34. The summed E-state index contributed by atoms with van der Waals surface area (Å²) in [5.74, 6) is -1.33. The van der Waals surface area contributed by atoms with E-state index < -0.39 is 5.97 Å². The van der Waals surface area contributed by atoms with E-state index in [0.29, 0.717) is 17.8 Å². The van der Waals surface area contributed by atoms with E-state index in [0.717, 1.165) is 29.8 Å². The zero-order valence-corrected chi connectivity index (χ0v) is 18.4. The molecule has 0 bridgehead atoms. The fraction of sp³-hybridized carbons (Fsp3) is 0.148. The average molecular weight is 455 g/mol. The van der Waals surface area contributed by atoms with Gasteiger partial charge < -0.3 is 9.64 Å². The molecule has 0 aliphatic carbocycles. The summed E-state index contributed by atoms with van der Waals surface area (Å²) < 4.78 is 20.5. The molecule has 0 N–H and O–H groups in total. The Labute approximate surface area is 196 Å². The summed E-state index contributed by atoms with van der Waals surface area (Å²) in [5.41, 5.74) is 3.84. The Kier molecular flexibility index (Phi) is 5.91. The third-order valence-electron chi connectivity index (χ3n) is 5.81. The standard InChI is InChI=1S/C27H22FN3O3/c28-21-14-12-20(13-15-21)26-23(17-31(29-26)22-9-2-1-3-10-22)27(33)34-18-25(32)30-16-6-8-19-7-4-5-11-24(19)30/h1-5,7,9-15,17H,6,8,16,18H2. The van der Waals surface area contributed by atoms with Crippen LogP contribution in [0.25, 0.3) is 16.9 Å². The van der Waals surface area contributed by atoms with Crippen molar-refractivity contribution in [3.63, 3.8) is 0 Å². The highest BCUT2D eigenvalue weighted by atomic mass is 19.1. The number of anilines is 1. The topological polar surface area (TPSA) is 64.4 Å². The van der Waals surface area contributed by atoms with Crippen molar-refractivity contribution in [2.75, 3.05) is 18.1 Å². The molecule has 1 aromatic heterocycles. The molecular formula is C27H22FN3O3. The molecule has 0 saturated carbocycles. The molecule has 2 heterocycles. The van der Waals surface area contributed by atoms with Gasteiger partial charge >= 0.3 is 5.97 Å². The summed E-state index contributed by atoms with van der Waals surface area (Å²) in [7, 11) is 0. The first-order valence-electron chi connectivity index (χ1n) is 11.1. The van der Waals surface area contributed by atoms with Crippen molar-refractivity contribution in [3.8, 4) is 16.9 Å². The summed E-state index contributed by atoms with van der Waals surface area (Å²) in [6, 6.07) is 22.8. The minimum atomic E-state index is -0.667. The van der Waals surface area contributed by atoms with Crippen molar-refractivity contribution in [2.24, 2.45) is 0 Å². The second-order valence-electron chi connectivity index (χ2n) is 8.03. The van der Waals surface area contributed by atoms with Crippen LogP contribution in [0.1, 0.15) is 22.3 Å². The lowest BCUT2D eigenvalue weighted by Gasteiger charge is -2.29. The number of benzene rings is 3. The first-order chi connectivity index (χ1) is 16.6. The number of nitrogens with zero attached hydrogens (tertiary/aromatic N) is 3. The van der Waals surface area contributed by atoms with Gasteiger partial charge in [0.15, 0.2) is 6.61 Å². The Morgan fingerprint density at radius 3 is 2.47 bits per heavy atom. The molecule has 0 atom stereocenters. The number of amides is 1. The third-order valence-corrected chi connectivity index (χ3v) is 5.81. The smallest absolute Gasteiger partial charge is 0.342 e. The van der Waals surface area contributed by atoms with E-state index in [9.17, 15) is 14.0 Å². The number of fused-ring (bicyclic) bond motifs is 1. The first-order valence-corrected chi connectivity index (χ1v) is 11.1. The number of rotatable bonds is 5. The molecule has 1 amide bonds. The number of aryl methyl sites for hydroxylation is 1. The van der Waals surface area contributed by atoms with Crippen LogP contribution in [-0.4, -0.2) is 34.8 Å². The van der Waals surface area contributed by atoms with Gasteiger partial charge in [0.1, 0.15) is 17.1 Å². The highest BCUT2D eigenvalue weighted by Gasteiger charge is 2.25. The van der Waals surface area contributed by atoms with Gasteiger partial charge in [-0.05, 0) is 60.9 Å². The fourth-order valence-corrected chi connectivity index (χ4v) is 4.13. The Bertz CT molecular complexity index is 1330. The zero-order valence-electron chi connectivity index (χ0n) is 18.4. The maximum atomic E-state index is 13.5. The van der Waals surface area contributed by atoms with Gasteiger partial charge in [-0.25, -0.2) is 13.9 Å². The van der Waals surface area contributed by atoms with Crippen molar-refractivity contribution < 1.29 is 18.7 Å². The molecule has 170 valence electrons. The third kappa shape index (κ3) is 4.32. The van der Waals surface area contributed by atoms with Crippen LogP contribution in [-0.2, 0) is 16.0 Å². The number of carbonyl (C=O) groups excluding carboxylic acids is 2.